The van der Waals surface area contributed by atoms with Crippen LogP contribution in [0.2, 0.25) is 5.02 Å². The number of nitrogens with one attached hydrogen (secondary N) is 2. The zero-order valence-electron chi connectivity index (χ0n) is 14.3. The Balaban J connectivity index is 1.91. The molecule has 0 aliphatic carbocycles. The van der Waals surface area contributed by atoms with Crippen LogP contribution in [0.25, 0.3) is 0 Å². The topological polar surface area (TPSA) is 132 Å². The highest BCUT2D eigenvalue weighted by atomic mass is 35.5. The SMILES string of the molecule is O=C(Nc1cc(Cl)ccc1NS(=O)(=O)c1ccccc1F)c1ccc([N+](=O)[O-])o1. The molecular formula is C17H11ClFN3O6S. The molecule has 1 amide bonds. The number of benzene rings is 2. The van der Waals surface area contributed by atoms with Crippen molar-refractivity contribution in [3.05, 3.63) is 81.3 Å². The first-order chi connectivity index (χ1) is 13.7. The van der Waals surface area contributed by atoms with E-state index in [1.54, 1.807) is 0 Å². The van der Waals surface area contributed by atoms with Crippen LogP contribution in [0.1, 0.15) is 10.6 Å². The maximum atomic E-state index is 13.9. The standard InChI is InChI=1S/C17H11ClFN3O6S/c18-10-5-6-12(21-29(26,27)15-4-2-1-3-11(15)19)13(9-10)20-17(23)14-7-8-16(28-14)22(24)25/h1-9,21H,(H,20,23). The average Bonchev–Trinajstić information content (AvgIpc) is 3.15. The second kappa shape index (κ2) is 7.89. The van der Waals surface area contributed by atoms with E-state index >= 15 is 0 Å². The minimum absolute atomic E-state index is 0.0681. The average molecular weight is 440 g/mol. The molecule has 3 aromatic rings. The van der Waals surface area contributed by atoms with Crippen LogP contribution in [-0.4, -0.2) is 19.2 Å². The number of nitro groups is 1. The summed E-state index contributed by atoms with van der Waals surface area (Å²) in [6.07, 6.45) is 0. The van der Waals surface area contributed by atoms with Gasteiger partial charge in [0.05, 0.1) is 17.4 Å². The fourth-order valence-electron chi connectivity index (χ4n) is 2.30. The summed E-state index contributed by atoms with van der Waals surface area (Å²) < 4.78 is 45.9. The lowest BCUT2D eigenvalue weighted by molar-refractivity contribution is -0.402. The summed E-state index contributed by atoms with van der Waals surface area (Å²) in [6, 6.07) is 10.7. The number of carbonyl (C=O) groups excluding carboxylic acids is 1. The van der Waals surface area contributed by atoms with Crippen molar-refractivity contribution in [3.8, 4) is 0 Å². The molecular weight excluding hydrogens is 429 g/mol. The summed E-state index contributed by atoms with van der Waals surface area (Å²) in [4.78, 5) is 21.6. The zero-order chi connectivity index (χ0) is 21.2. The van der Waals surface area contributed by atoms with Crippen LogP contribution in [0.4, 0.5) is 21.6 Å². The molecule has 12 heteroatoms. The highest BCUT2D eigenvalue weighted by molar-refractivity contribution is 7.92. The lowest BCUT2D eigenvalue weighted by Crippen LogP contribution is -2.17. The zero-order valence-corrected chi connectivity index (χ0v) is 15.8. The number of hydrogen-bond donors (Lipinski definition) is 2. The number of rotatable bonds is 6. The first-order valence-corrected chi connectivity index (χ1v) is 9.66. The predicted octanol–water partition coefficient (Wildman–Crippen LogP) is 4.03. The van der Waals surface area contributed by atoms with Gasteiger partial charge in [0.15, 0.2) is 5.76 Å². The van der Waals surface area contributed by atoms with Crippen LogP contribution < -0.4 is 10.0 Å². The fraction of sp³-hybridized carbons (Fsp3) is 0. The molecule has 0 spiro atoms. The lowest BCUT2D eigenvalue weighted by atomic mass is 10.2. The first-order valence-electron chi connectivity index (χ1n) is 7.80. The predicted molar refractivity (Wildman–Crippen MR) is 102 cm³/mol. The molecule has 0 unspecified atom stereocenters. The minimum atomic E-state index is -4.32. The van der Waals surface area contributed by atoms with Gasteiger partial charge in [-0.2, -0.15) is 0 Å². The van der Waals surface area contributed by atoms with Gasteiger partial charge in [0.25, 0.3) is 15.9 Å². The van der Waals surface area contributed by atoms with E-state index in [0.717, 1.165) is 24.3 Å². The van der Waals surface area contributed by atoms with E-state index in [1.807, 2.05) is 0 Å². The van der Waals surface area contributed by atoms with E-state index in [1.165, 1.54) is 30.3 Å². The fourth-order valence-corrected chi connectivity index (χ4v) is 3.64. The Morgan fingerprint density at radius 2 is 1.83 bits per heavy atom. The van der Waals surface area contributed by atoms with Gasteiger partial charge in [0.2, 0.25) is 0 Å². The van der Waals surface area contributed by atoms with Crippen molar-refractivity contribution >= 4 is 44.8 Å². The molecule has 29 heavy (non-hydrogen) atoms. The lowest BCUT2D eigenvalue weighted by Gasteiger charge is -2.14. The summed E-state index contributed by atoms with van der Waals surface area (Å²) in [5, 5.41) is 13.2. The summed E-state index contributed by atoms with van der Waals surface area (Å²) >= 11 is 5.90. The number of furan rings is 1. The Hall–Kier alpha value is -3.44. The van der Waals surface area contributed by atoms with Gasteiger partial charge >= 0.3 is 5.88 Å². The van der Waals surface area contributed by atoms with Crippen molar-refractivity contribution in [3.63, 3.8) is 0 Å². The Labute approximate surface area is 168 Å². The molecule has 0 aliphatic heterocycles. The number of anilines is 2. The largest absolute Gasteiger partial charge is 0.433 e. The normalized spacial score (nSPS) is 11.1. The summed E-state index contributed by atoms with van der Waals surface area (Å²) in [5.41, 5.74) is -0.173. The number of carbonyl (C=O) groups is 1. The van der Waals surface area contributed by atoms with E-state index in [2.05, 4.69) is 10.0 Å². The molecule has 0 radical (unpaired) electrons. The van der Waals surface area contributed by atoms with E-state index in [9.17, 15) is 27.7 Å². The van der Waals surface area contributed by atoms with Crippen LogP contribution in [-0.2, 0) is 10.0 Å². The molecule has 1 heterocycles. The highest BCUT2D eigenvalue weighted by Gasteiger charge is 2.22. The van der Waals surface area contributed by atoms with Crippen molar-refractivity contribution in [1.29, 1.82) is 0 Å². The highest BCUT2D eigenvalue weighted by Crippen LogP contribution is 2.29. The van der Waals surface area contributed by atoms with Crippen molar-refractivity contribution in [2.45, 2.75) is 4.90 Å². The number of hydrogen-bond acceptors (Lipinski definition) is 6. The second-order valence-corrected chi connectivity index (χ2v) is 7.66. The molecule has 0 fully saturated rings. The van der Waals surface area contributed by atoms with Crippen LogP contribution >= 0.6 is 11.6 Å². The third-order valence-electron chi connectivity index (χ3n) is 3.60. The van der Waals surface area contributed by atoms with E-state index in [-0.39, 0.29) is 22.2 Å². The summed E-state index contributed by atoms with van der Waals surface area (Å²) in [7, 11) is -4.32. The van der Waals surface area contributed by atoms with Gasteiger partial charge in [-0.25, -0.2) is 12.8 Å². The molecule has 0 saturated heterocycles. The molecule has 150 valence electrons. The Kier molecular flexibility index (Phi) is 5.52. The van der Waals surface area contributed by atoms with Crippen molar-refractivity contribution in [2.75, 3.05) is 10.0 Å². The Morgan fingerprint density at radius 3 is 2.48 bits per heavy atom. The third-order valence-corrected chi connectivity index (χ3v) is 5.23. The van der Waals surface area contributed by atoms with Crippen LogP contribution in [0.5, 0.6) is 0 Å². The van der Waals surface area contributed by atoms with Crippen molar-refractivity contribution < 1.29 is 26.9 Å². The van der Waals surface area contributed by atoms with Gasteiger partial charge < -0.3 is 9.73 Å². The summed E-state index contributed by atoms with van der Waals surface area (Å²) in [5.74, 6) is -2.85. The van der Waals surface area contributed by atoms with E-state index < -0.39 is 37.5 Å². The van der Waals surface area contributed by atoms with Gasteiger partial charge in [-0.15, -0.1) is 0 Å². The molecule has 9 nitrogen and oxygen atoms in total. The molecule has 0 bridgehead atoms. The van der Waals surface area contributed by atoms with E-state index in [0.29, 0.717) is 0 Å². The second-order valence-electron chi connectivity index (χ2n) is 5.57. The molecule has 1 aromatic heterocycles. The molecule has 0 saturated carbocycles. The van der Waals surface area contributed by atoms with Crippen molar-refractivity contribution in [2.24, 2.45) is 0 Å². The first kappa shape index (κ1) is 20.3. The molecule has 3 rings (SSSR count). The van der Waals surface area contributed by atoms with Gasteiger partial charge in [-0.1, -0.05) is 23.7 Å². The van der Waals surface area contributed by atoms with Crippen molar-refractivity contribution in [1.82, 2.24) is 0 Å². The Bertz CT molecular complexity index is 1210. The number of amides is 1. The van der Waals surface area contributed by atoms with Crippen LogP contribution in [0, 0.1) is 15.9 Å². The number of nitrogens with zero attached hydrogens (tertiary/aromatic N) is 1. The Morgan fingerprint density at radius 1 is 1.10 bits per heavy atom. The summed E-state index contributed by atoms with van der Waals surface area (Å²) in [6.45, 7) is 0. The quantitative estimate of drug-likeness (QED) is 0.440. The molecule has 0 atom stereocenters. The smallest absolute Gasteiger partial charge is 0.395 e. The monoisotopic (exact) mass is 439 g/mol. The maximum absolute atomic E-state index is 13.9. The molecule has 2 aromatic carbocycles. The van der Waals surface area contributed by atoms with Gasteiger partial charge in [-0.3, -0.25) is 19.6 Å². The number of sulfonamides is 1. The van der Waals surface area contributed by atoms with Gasteiger partial charge in [-0.05, 0) is 36.4 Å². The van der Waals surface area contributed by atoms with Crippen LogP contribution in [0.15, 0.2) is 63.9 Å². The maximum Gasteiger partial charge on any atom is 0.433 e. The number of halogens is 2. The van der Waals surface area contributed by atoms with Gasteiger partial charge in [0, 0.05) is 5.02 Å². The minimum Gasteiger partial charge on any atom is -0.395 e. The van der Waals surface area contributed by atoms with Crippen LogP contribution in [0.3, 0.4) is 0 Å². The van der Waals surface area contributed by atoms with Gasteiger partial charge in [0.1, 0.15) is 15.6 Å². The molecule has 0 aliphatic rings. The van der Waals surface area contributed by atoms with E-state index in [4.69, 9.17) is 16.0 Å². The molecule has 2 N–H and O–H groups in total. The third kappa shape index (κ3) is 4.52.